The second-order valence-electron chi connectivity index (χ2n) is 5.01. The Morgan fingerprint density at radius 1 is 1.53 bits per heavy atom. The highest BCUT2D eigenvalue weighted by Crippen LogP contribution is 2.26. The van der Waals surface area contributed by atoms with Crippen molar-refractivity contribution in [1.29, 1.82) is 0 Å². The average molecular weight is 264 g/mol. The molecule has 2 rings (SSSR count). The largest absolute Gasteiger partial charge is 0.478 e. The molecule has 1 atom stereocenters. The van der Waals surface area contributed by atoms with Crippen LogP contribution in [0.5, 0.6) is 0 Å². The lowest BCUT2D eigenvalue weighted by atomic mass is 10.1. The van der Waals surface area contributed by atoms with Crippen LogP contribution >= 0.6 is 0 Å². The molecule has 0 aromatic heterocycles. The Morgan fingerprint density at radius 2 is 2.26 bits per heavy atom. The highest BCUT2D eigenvalue weighted by atomic mass is 16.5. The Hall–Kier alpha value is -1.75. The second-order valence-corrected chi connectivity index (χ2v) is 5.01. The van der Waals surface area contributed by atoms with E-state index < -0.39 is 5.97 Å². The van der Waals surface area contributed by atoms with Crippen molar-refractivity contribution in [3.63, 3.8) is 0 Å². The van der Waals surface area contributed by atoms with Gasteiger partial charge in [-0.05, 0) is 38.0 Å². The van der Waals surface area contributed by atoms with Gasteiger partial charge in [-0.1, -0.05) is 0 Å². The van der Waals surface area contributed by atoms with Gasteiger partial charge in [0.2, 0.25) is 0 Å². The first-order chi connectivity index (χ1) is 8.99. The van der Waals surface area contributed by atoms with Crippen LogP contribution < -0.4 is 10.6 Å². The third-order valence-electron chi connectivity index (χ3n) is 3.42. The minimum atomic E-state index is -0.985. The van der Waals surface area contributed by atoms with E-state index in [-0.39, 0.29) is 11.7 Å². The van der Waals surface area contributed by atoms with Crippen LogP contribution in [0.3, 0.4) is 0 Å². The first kappa shape index (κ1) is 13.7. The SMILES string of the molecule is Cc1cc(N2CCCOC(C)C2)cc(C(=O)O)c1N. The van der Waals surface area contributed by atoms with E-state index >= 15 is 0 Å². The fraction of sp³-hybridized carbons (Fsp3) is 0.500. The topological polar surface area (TPSA) is 75.8 Å². The molecule has 0 spiro atoms. The number of carboxylic acid groups (broad SMARTS) is 1. The molecule has 1 aliphatic rings. The van der Waals surface area contributed by atoms with Gasteiger partial charge in [0, 0.05) is 31.1 Å². The molecule has 3 N–H and O–H groups in total. The lowest BCUT2D eigenvalue weighted by molar-refractivity contribution is 0.0698. The van der Waals surface area contributed by atoms with Crippen LogP contribution in [-0.2, 0) is 4.74 Å². The van der Waals surface area contributed by atoms with E-state index in [1.807, 2.05) is 19.9 Å². The van der Waals surface area contributed by atoms with Gasteiger partial charge in [-0.2, -0.15) is 0 Å². The highest BCUT2D eigenvalue weighted by Gasteiger charge is 2.19. The maximum atomic E-state index is 11.2. The summed E-state index contributed by atoms with van der Waals surface area (Å²) in [6.45, 7) is 6.25. The molecule has 19 heavy (non-hydrogen) atoms. The summed E-state index contributed by atoms with van der Waals surface area (Å²) in [7, 11) is 0. The Labute approximate surface area is 113 Å². The fourth-order valence-electron chi connectivity index (χ4n) is 2.37. The predicted octanol–water partition coefficient (Wildman–Crippen LogP) is 1.89. The number of aryl methyl sites for hydroxylation is 1. The number of ether oxygens (including phenoxy) is 1. The number of rotatable bonds is 2. The summed E-state index contributed by atoms with van der Waals surface area (Å²) in [5, 5.41) is 9.20. The molecule has 1 heterocycles. The molecule has 0 aliphatic carbocycles. The van der Waals surface area contributed by atoms with E-state index in [0.29, 0.717) is 5.69 Å². The monoisotopic (exact) mass is 264 g/mol. The van der Waals surface area contributed by atoms with Gasteiger partial charge in [0.1, 0.15) is 0 Å². The number of nitrogens with two attached hydrogens (primary N) is 1. The zero-order valence-corrected chi connectivity index (χ0v) is 11.3. The van der Waals surface area contributed by atoms with Gasteiger partial charge < -0.3 is 20.5 Å². The molecule has 1 aromatic rings. The molecule has 1 aromatic carbocycles. The van der Waals surface area contributed by atoms with E-state index in [0.717, 1.165) is 37.4 Å². The number of nitrogens with zero attached hydrogens (tertiary/aromatic N) is 1. The molecule has 5 nitrogen and oxygen atoms in total. The molecule has 1 unspecified atom stereocenters. The molecule has 1 aliphatic heterocycles. The number of aromatic carboxylic acids is 1. The summed E-state index contributed by atoms with van der Waals surface area (Å²) in [6.07, 6.45) is 1.09. The number of carbonyl (C=O) groups is 1. The van der Waals surface area contributed by atoms with Gasteiger partial charge in [0.25, 0.3) is 0 Å². The van der Waals surface area contributed by atoms with Crippen molar-refractivity contribution >= 4 is 17.3 Å². The van der Waals surface area contributed by atoms with Crippen molar-refractivity contribution < 1.29 is 14.6 Å². The summed E-state index contributed by atoms with van der Waals surface area (Å²) in [5.74, 6) is -0.985. The highest BCUT2D eigenvalue weighted by molar-refractivity contribution is 5.95. The lowest BCUT2D eigenvalue weighted by Gasteiger charge is -2.25. The minimum Gasteiger partial charge on any atom is -0.478 e. The average Bonchev–Trinajstić information content (AvgIpc) is 2.57. The fourth-order valence-corrected chi connectivity index (χ4v) is 2.37. The Kier molecular flexibility index (Phi) is 3.95. The quantitative estimate of drug-likeness (QED) is 0.798. The summed E-state index contributed by atoms with van der Waals surface area (Å²) in [4.78, 5) is 13.4. The minimum absolute atomic E-state index is 0.147. The maximum absolute atomic E-state index is 11.2. The molecule has 5 heteroatoms. The third kappa shape index (κ3) is 2.98. The van der Waals surface area contributed by atoms with Gasteiger partial charge in [-0.3, -0.25) is 0 Å². The Bertz CT molecular complexity index is 488. The number of nitrogen functional groups attached to an aromatic ring is 1. The van der Waals surface area contributed by atoms with Crippen molar-refractivity contribution in [2.24, 2.45) is 0 Å². The van der Waals surface area contributed by atoms with E-state index in [4.69, 9.17) is 10.5 Å². The van der Waals surface area contributed by atoms with E-state index in [9.17, 15) is 9.90 Å². The zero-order valence-electron chi connectivity index (χ0n) is 11.3. The van der Waals surface area contributed by atoms with Crippen molar-refractivity contribution in [3.8, 4) is 0 Å². The molecule has 0 saturated carbocycles. The van der Waals surface area contributed by atoms with Crippen molar-refractivity contribution in [1.82, 2.24) is 0 Å². The predicted molar refractivity (Wildman–Crippen MR) is 74.8 cm³/mol. The van der Waals surface area contributed by atoms with Crippen LogP contribution in [0.15, 0.2) is 12.1 Å². The molecular weight excluding hydrogens is 244 g/mol. The molecule has 0 amide bonds. The van der Waals surface area contributed by atoms with Gasteiger partial charge in [0.05, 0.1) is 11.7 Å². The molecule has 0 radical (unpaired) electrons. The smallest absolute Gasteiger partial charge is 0.337 e. The Morgan fingerprint density at radius 3 is 2.95 bits per heavy atom. The Balaban J connectivity index is 2.36. The molecule has 1 saturated heterocycles. The van der Waals surface area contributed by atoms with Crippen molar-refractivity contribution in [3.05, 3.63) is 23.3 Å². The van der Waals surface area contributed by atoms with Crippen LogP contribution in [0, 0.1) is 6.92 Å². The summed E-state index contributed by atoms with van der Waals surface area (Å²) in [5.41, 5.74) is 8.04. The third-order valence-corrected chi connectivity index (χ3v) is 3.42. The van der Waals surface area contributed by atoms with Crippen LogP contribution in [-0.4, -0.2) is 36.9 Å². The standard InChI is InChI=1S/C14H20N2O3/c1-9-6-11(7-12(13(9)15)14(17)18)16-4-3-5-19-10(2)8-16/h6-7,10H,3-5,8,15H2,1-2H3,(H,17,18). The molecular formula is C14H20N2O3. The summed E-state index contributed by atoms with van der Waals surface area (Å²) >= 11 is 0. The number of anilines is 2. The van der Waals surface area contributed by atoms with E-state index in [1.54, 1.807) is 6.07 Å². The van der Waals surface area contributed by atoms with Gasteiger partial charge in [-0.25, -0.2) is 4.79 Å². The van der Waals surface area contributed by atoms with Crippen LogP contribution in [0.25, 0.3) is 0 Å². The van der Waals surface area contributed by atoms with Crippen LogP contribution in [0.1, 0.15) is 29.3 Å². The molecule has 104 valence electrons. The van der Waals surface area contributed by atoms with Gasteiger partial charge in [0.15, 0.2) is 0 Å². The normalized spacial score (nSPS) is 20.1. The summed E-state index contributed by atoms with van der Waals surface area (Å²) in [6, 6.07) is 3.60. The first-order valence-corrected chi connectivity index (χ1v) is 6.49. The van der Waals surface area contributed by atoms with Gasteiger partial charge >= 0.3 is 5.97 Å². The van der Waals surface area contributed by atoms with E-state index in [1.165, 1.54) is 0 Å². The maximum Gasteiger partial charge on any atom is 0.337 e. The zero-order chi connectivity index (χ0) is 14.0. The first-order valence-electron chi connectivity index (χ1n) is 6.49. The number of hydrogen-bond acceptors (Lipinski definition) is 4. The summed E-state index contributed by atoms with van der Waals surface area (Å²) < 4.78 is 5.60. The number of hydrogen-bond donors (Lipinski definition) is 2. The number of benzene rings is 1. The molecule has 1 fully saturated rings. The van der Waals surface area contributed by atoms with Crippen molar-refractivity contribution in [2.75, 3.05) is 30.3 Å². The van der Waals surface area contributed by atoms with Crippen molar-refractivity contribution in [2.45, 2.75) is 26.4 Å². The van der Waals surface area contributed by atoms with Crippen LogP contribution in [0.2, 0.25) is 0 Å². The van der Waals surface area contributed by atoms with Gasteiger partial charge in [-0.15, -0.1) is 0 Å². The molecule has 0 bridgehead atoms. The lowest BCUT2D eigenvalue weighted by Crippen LogP contribution is -2.30. The number of carboxylic acids is 1. The second kappa shape index (κ2) is 5.48. The van der Waals surface area contributed by atoms with E-state index in [2.05, 4.69) is 4.90 Å². The van der Waals surface area contributed by atoms with Crippen LogP contribution in [0.4, 0.5) is 11.4 Å².